The Hall–Kier alpha value is -1.79. The Kier molecular flexibility index (Phi) is 5.16. The minimum Gasteiger partial charge on any atom is -0.324 e. The first-order valence-corrected chi connectivity index (χ1v) is 9.65. The number of anilines is 1. The van der Waals surface area contributed by atoms with Crippen LogP contribution in [-0.4, -0.2) is 34.8 Å². The van der Waals surface area contributed by atoms with Gasteiger partial charge in [-0.3, -0.25) is 14.5 Å². The van der Waals surface area contributed by atoms with Crippen LogP contribution in [0.25, 0.3) is 0 Å². The minimum atomic E-state index is -0.919. The molecule has 2 fully saturated rings. The van der Waals surface area contributed by atoms with E-state index in [-0.39, 0.29) is 17.9 Å². The third-order valence-electron chi connectivity index (χ3n) is 5.07. The van der Waals surface area contributed by atoms with Crippen molar-refractivity contribution >= 4 is 46.7 Å². The first kappa shape index (κ1) is 20.0. The van der Waals surface area contributed by atoms with E-state index in [2.05, 4.69) is 31.4 Å². The summed E-state index contributed by atoms with van der Waals surface area (Å²) in [6, 6.07) is 4.12. The van der Waals surface area contributed by atoms with Gasteiger partial charge in [-0.2, -0.15) is 0 Å². The van der Waals surface area contributed by atoms with Crippen molar-refractivity contribution in [1.82, 2.24) is 10.2 Å². The van der Waals surface area contributed by atoms with Crippen LogP contribution < -0.4 is 10.6 Å². The quantitative estimate of drug-likeness (QED) is 0.735. The van der Waals surface area contributed by atoms with Gasteiger partial charge in [0.05, 0.1) is 0 Å². The van der Waals surface area contributed by atoms with Crippen molar-refractivity contribution in [2.24, 2.45) is 11.3 Å². The number of benzene rings is 1. The summed E-state index contributed by atoms with van der Waals surface area (Å²) in [7, 11) is 0. The zero-order chi connectivity index (χ0) is 20.0. The van der Waals surface area contributed by atoms with Gasteiger partial charge in [0.1, 0.15) is 12.1 Å². The van der Waals surface area contributed by atoms with Crippen LogP contribution in [0.15, 0.2) is 18.2 Å². The summed E-state index contributed by atoms with van der Waals surface area (Å²) in [5.41, 5.74) is -0.569. The van der Waals surface area contributed by atoms with Crippen LogP contribution in [0.2, 0.25) is 10.0 Å². The number of nitrogens with one attached hydrogen (secondary N) is 2. The molecular weight excluding hydrogens is 389 g/mol. The Labute approximate surface area is 168 Å². The Bertz CT molecular complexity index is 791. The lowest BCUT2D eigenvalue weighted by Crippen LogP contribution is -2.54. The molecule has 2 unspecified atom stereocenters. The maximum atomic E-state index is 13.0. The molecule has 1 spiro atoms. The van der Waals surface area contributed by atoms with Crippen LogP contribution in [0.5, 0.6) is 0 Å². The summed E-state index contributed by atoms with van der Waals surface area (Å²) in [4.78, 5) is 38.9. The number of amides is 4. The van der Waals surface area contributed by atoms with E-state index in [1.54, 1.807) is 18.2 Å². The molecule has 27 heavy (non-hydrogen) atoms. The Morgan fingerprint density at radius 2 is 1.85 bits per heavy atom. The van der Waals surface area contributed by atoms with E-state index in [4.69, 9.17) is 23.2 Å². The highest BCUT2D eigenvalue weighted by Crippen LogP contribution is 2.46. The highest BCUT2D eigenvalue weighted by atomic mass is 35.5. The topological polar surface area (TPSA) is 78.5 Å². The van der Waals surface area contributed by atoms with Gasteiger partial charge in [-0.15, -0.1) is 0 Å². The van der Waals surface area contributed by atoms with Crippen molar-refractivity contribution in [3.05, 3.63) is 28.2 Å². The largest absolute Gasteiger partial charge is 0.325 e. The summed E-state index contributed by atoms with van der Waals surface area (Å²) in [5.74, 6) is -0.510. The molecule has 0 radical (unpaired) electrons. The van der Waals surface area contributed by atoms with Crippen LogP contribution in [0.1, 0.15) is 40.0 Å². The van der Waals surface area contributed by atoms with Crippen molar-refractivity contribution in [3.8, 4) is 0 Å². The van der Waals surface area contributed by atoms with Gasteiger partial charge in [-0.25, -0.2) is 4.79 Å². The number of nitrogens with zero attached hydrogens (tertiary/aromatic N) is 1. The third kappa shape index (κ3) is 4.22. The molecule has 1 aliphatic carbocycles. The second-order valence-corrected chi connectivity index (χ2v) is 9.34. The molecule has 2 N–H and O–H groups in total. The fraction of sp³-hybridized carbons (Fsp3) is 0.526. The van der Waals surface area contributed by atoms with Crippen LogP contribution in [-0.2, 0) is 9.59 Å². The van der Waals surface area contributed by atoms with E-state index in [0.29, 0.717) is 34.5 Å². The fourth-order valence-electron chi connectivity index (χ4n) is 4.62. The second-order valence-electron chi connectivity index (χ2n) is 8.46. The number of rotatable bonds is 3. The van der Waals surface area contributed by atoms with Gasteiger partial charge in [0, 0.05) is 15.7 Å². The molecule has 8 heteroatoms. The minimum absolute atomic E-state index is 0.0591. The van der Waals surface area contributed by atoms with Crippen molar-refractivity contribution in [2.75, 3.05) is 11.9 Å². The molecule has 2 aliphatic rings. The van der Waals surface area contributed by atoms with Gasteiger partial charge in [-0.1, -0.05) is 44.0 Å². The molecule has 1 heterocycles. The molecular formula is C19H23Cl2N3O3. The first-order chi connectivity index (χ1) is 12.5. The first-order valence-electron chi connectivity index (χ1n) is 8.90. The summed E-state index contributed by atoms with van der Waals surface area (Å²) in [6.45, 7) is 5.93. The molecule has 3 rings (SSSR count). The Morgan fingerprint density at radius 1 is 1.22 bits per heavy atom. The average Bonchev–Trinajstić information content (AvgIpc) is 2.67. The number of imide groups is 1. The lowest BCUT2D eigenvalue weighted by atomic mass is 9.64. The van der Waals surface area contributed by atoms with E-state index >= 15 is 0 Å². The molecule has 146 valence electrons. The standard InChI is InChI=1S/C19H23Cl2N3O3/c1-11-7-18(2,3)10-19(8-11)16(26)24(17(27)23-19)9-15(25)22-14-5-12(20)4-13(21)6-14/h4-6,11H,7-10H2,1-3H3,(H,22,25)(H,23,27). The van der Waals surface area contributed by atoms with Crippen molar-refractivity contribution < 1.29 is 14.4 Å². The summed E-state index contributed by atoms with van der Waals surface area (Å²) < 4.78 is 0. The number of hydrogen-bond donors (Lipinski definition) is 2. The predicted molar refractivity (Wildman–Crippen MR) is 105 cm³/mol. The normalized spacial score (nSPS) is 27.0. The summed E-state index contributed by atoms with van der Waals surface area (Å²) in [5, 5.41) is 6.24. The molecule has 1 aliphatic heterocycles. The maximum absolute atomic E-state index is 13.0. The molecule has 1 saturated heterocycles. The molecule has 0 bridgehead atoms. The van der Waals surface area contributed by atoms with Gasteiger partial charge in [-0.05, 0) is 48.8 Å². The lowest BCUT2D eigenvalue weighted by Gasteiger charge is -2.43. The second kappa shape index (κ2) is 6.99. The van der Waals surface area contributed by atoms with Gasteiger partial charge in [0.25, 0.3) is 5.91 Å². The van der Waals surface area contributed by atoms with Crippen molar-refractivity contribution in [2.45, 2.75) is 45.6 Å². The molecule has 1 aromatic carbocycles. The van der Waals surface area contributed by atoms with Gasteiger partial charge in [0.15, 0.2) is 0 Å². The predicted octanol–water partition coefficient (Wildman–Crippen LogP) is 4.07. The molecule has 4 amide bonds. The maximum Gasteiger partial charge on any atom is 0.325 e. The monoisotopic (exact) mass is 411 g/mol. The zero-order valence-electron chi connectivity index (χ0n) is 15.6. The van der Waals surface area contributed by atoms with E-state index in [1.807, 2.05) is 0 Å². The number of carbonyl (C=O) groups is 3. The number of carbonyl (C=O) groups excluding carboxylic acids is 3. The van der Waals surface area contributed by atoms with Crippen LogP contribution >= 0.6 is 23.2 Å². The van der Waals surface area contributed by atoms with Crippen LogP contribution in [0, 0.1) is 11.3 Å². The van der Waals surface area contributed by atoms with E-state index in [0.717, 1.165) is 11.3 Å². The lowest BCUT2D eigenvalue weighted by molar-refractivity contribution is -0.136. The van der Waals surface area contributed by atoms with E-state index in [9.17, 15) is 14.4 Å². The van der Waals surface area contributed by atoms with E-state index < -0.39 is 17.5 Å². The Morgan fingerprint density at radius 3 is 2.44 bits per heavy atom. The molecule has 1 aromatic rings. The number of urea groups is 1. The highest BCUT2D eigenvalue weighted by molar-refractivity contribution is 6.35. The van der Waals surface area contributed by atoms with Gasteiger partial charge >= 0.3 is 6.03 Å². The van der Waals surface area contributed by atoms with Gasteiger partial charge in [0.2, 0.25) is 5.91 Å². The molecule has 0 aromatic heterocycles. The van der Waals surface area contributed by atoms with Crippen LogP contribution in [0.3, 0.4) is 0 Å². The SMILES string of the molecule is CC1CC(C)(C)CC2(C1)NC(=O)N(CC(=O)Nc1cc(Cl)cc(Cl)c1)C2=O. The molecule has 2 atom stereocenters. The van der Waals surface area contributed by atoms with E-state index in [1.165, 1.54) is 0 Å². The van der Waals surface area contributed by atoms with Crippen molar-refractivity contribution in [3.63, 3.8) is 0 Å². The third-order valence-corrected chi connectivity index (χ3v) is 5.51. The summed E-state index contributed by atoms with van der Waals surface area (Å²) in [6.07, 6.45) is 2.15. The fourth-order valence-corrected chi connectivity index (χ4v) is 5.15. The Balaban J connectivity index is 1.73. The zero-order valence-corrected chi connectivity index (χ0v) is 17.1. The van der Waals surface area contributed by atoms with Crippen LogP contribution in [0.4, 0.5) is 10.5 Å². The molecule has 6 nitrogen and oxygen atoms in total. The molecule has 1 saturated carbocycles. The number of hydrogen-bond acceptors (Lipinski definition) is 3. The van der Waals surface area contributed by atoms with Crippen molar-refractivity contribution in [1.29, 1.82) is 0 Å². The van der Waals surface area contributed by atoms with Gasteiger partial charge < -0.3 is 10.6 Å². The summed E-state index contributed by atoms with van der Waals surface area (Å²) >= 11 is 11.8. The smallest absolute Gasteiger partial charge is 0.324 e. The average molecular weight is 412 g/mol. The number of halogens is 2. The highest BCUT2D eigenvalue weighted by Gasteiger charge is 2.56.